The Morgan fingerprint density at radius 2 is 1.74 bits per heavy atom. The van der Waals surface area contributed by atoms with Crippen molar-refractivity contribution in [2.45, 2.75) is 39.2 Å². The lowest BCUT2D eigenvalue weighted by Crippen LogP contribution is -2.18. The summed E-state index contributed by atoms with van der Waals surface area (Å²) < 4.78 is 5.35. The van der Waals surface area contributed by atoms with Crippen molar-refractivity contribution < 1.29 is 24.9 Å². The molecule has 0 radical (unpaired) electrons. The van der Waals surface area contributed by atoms with Crippen LogP contribution in [0.1, 0.15) is 48.7 Å². The number of rotatable bonds is 9. The molecule has 0 heterocycles. The van der Waals surface area contributed by atoms with Gasteiger partial charge in [-0.25, -0.2) is 0 Å². The van der Waals surface area contributed by atoms with Crippen LogP contribution in [0.5, 0.6) is 17.2 Å². The van der Waals surface area contributed by atoms with E-state index in [0.29, 0.717) is 18.4 Å². The smallest absolute Gasteiger partial charge is 0.189 e. The molecule has 0 amide bonds. The van der Waals surface area contributed by atoms with Gasteiger partial charge in [-0.15, -0.1) is 0 Å². The maximum absolute atomic E-state index is 12.6. The first-order valence-electron chi connectivity index (χ1n) is 10.1. The summed E-state index contributed by atoms with van der Waals surface area (Å²) in [5, 5.41) is 30.1. The number of ether oxygens (including phenoxy) is 1. The predicted molar refractivity (Wildman–Crippen MR) is 124 cm³/mol. The molecule has 2 aromatic rings. The van der Waals surface area contributed by atoms with E-state index in [1.807, 2.05) is 39.0 Å². The molecule has 0 spiro atoms. The summed E-state index contributed by atoms with van der Waals surface area (Å²) in [5.41, 5.74) is 1.90. The summed E-state index contributed by atoms with van der Waals surface area (Å²) in [7, 11) is 1.66. The van der Waals surface area contributed by atoms with Crippen LogP contribution in [0.15, 0.2) is 66.3 Å². The van der Waals surface area contributed by atoms with E-state index in [0.717, 1.165) is 11.1 Å². The molecule has 5 nitrogen and oxygen atoms in total. The number of carbonyl (C=O) groups is 1. The van der Waals surface area contributed by atoms with Crippen molar-refractivity contribution >= 4 is 11.9 Å². The van der Waals surface area contributed by atoms with E-state index in [9.17, 15) is 20.1 Å². The maximum atomic E-state index is 12.6. The van der Waals surface area contributed by atoms with Crippen molar-refractivity contribution in [1.82, 2.24) is 0 Å². The molecular formula is C26H30O5. The molecule has 0 aromatic heterocycles. The lowest BCUT2D eigenvalue weighted by Gasteiger charge is -2.17. The Bertz CT molecular complexity index is 995. The molecule has 0 unspecified atom stereocenters. The maximum Gasteiger partial charge on any atom is 0.189 e. The van der Waals surface area contributed by atoms with Gasteiger partial charge in [0.1, 0.15) is 17.2 Å². The van der Waals surface area contributed by atoms with Gasteiger partial charge in [0.05, 0.1) is 11.2 Å². The van der Waals surface area contributed by atoms with Crippen LogP contribution in [0.2, 0.25) is 0 Å². The van der Waals surface area contributed by atoms with Crippen molar-refractivity contribution in [2.24, 2.45) is 0 Å². The second kappa shape index (κ2) is 10.6. The van der Waals surface area contributed by atoms with E-state index in [-0.39, 0.29) is 34.2 Å². The normalized spacial score (nSPS) is 12.7. The summed E-state index contributed by atoms with van der Waals surface area (Å²) in [5.74, 6) is -0.514. The van der Waals surface area contributed by atoms with Crippen LogP contribution < -0.4 is 0 Å². The Morgan fingerprint density at radius 1 is 1.06 bits per heavy atom. The Morgan fingerprint density at radius 3 is 2.39 bits per heavy atom. The number of allylic oxidation sites excluding steroid dienone is 4. The van der Waals surface area contributed by atoms with E-state index in [1.54, 1.807) is 25.3 Å². The first-order chi connectivity index (χ1) is 14.6. The molecule has 0 aliphatic heterocycles. The van der Waals surface area contributed by atoms with Gasteiger partial charge in [0.15, 0.2) is 5.78 Å². The number of methoxy groups -OCH3 is 1. The Labute approximate surface area is 183 Å². The van der Waals surface area contributed by atoms with Gasteiger partial charge in [-0.3, -0.25) is 4.79 Å². The van der Waals surface area contributed by atoms with Crippen LogP contribution >= 0.6 is 0 Å². The number of hydrogen-bond acceptors (Lipinski definition) is 5. The Hall–Kier alpha value is -3.31. The summed E-state index contributed by atoms with van der Waals surface area (Å²) in [6.07, 6.45) is 9.88. The third-order valence-electron chi connectivity index (χ3n) is 4.98. The molecule has 0 saturated carbocycles. The number of benzene rings is 2. The van der Waals surface area contributed by atoms with Crippen LogP contribution in [0.25, 0.3) is 6.08 Å². The predicted octanol–water partition coefficient (Wildman–Crippen LogP) is 5.56. The molecule has 164 valence electrons. The highest BCUT2D eigenvalue weighted by atomic mass is 16.5. The van der Waals surface area contributed by atoms with Crippen LogP contribution in [-0.4, -0.2) is 33.8 Å². The zero-order valence-corrected chi connectivity index (χ0v) is 18.4. The number of phenolic OH excluding ortho intramolecular Hbond substituents is 3. The number of ketones is 1. The molecule has 0 bridgehead atoms. The van der Waals surface area contributed by atoms with Gasteiger partial charge < -0.3 is 20.1 Å². The van der Waals surface area contributed by atoms with E-state index in [4.69, 9.17) is 4.74 Å². The van der Waals surface area contributed by atoms with Crippen molar-refractivity contribution in [2.75, 3.05) is 7.11 Å². The molecule has 3 N–H and O–H groups in total. The van der Waals surface area contributed by atoms with Gasteiger partial charge in [-0.1, -0.05) is 42.0 Å². The fourth-order valence-electron chi connectivity index (χ4n) is 2.83. The molecule has 2 rings (SSSR count). The average molecular weight is 423 g/mol. The summed E-state index contributed by atoms with van der Waals surface area (Å²) in [6.45, 7) is 5.90. The minimum Gasteiger partial charge on any atom is -0.508 e. The first-order valence-corrected chi connectivity index (χ1v) is 10.1. The van der Waals surface area contributed by atoms with Crippen LogP contribution in [-0.2, 0) is 11.2 Å². The third kappa shape index (κ3) is 7.15. The Kier molecular flexibility index (Phi) is 8.22. The molecule has 0 atom stereocenters. The molecule has 31 heavy (non-hydrogen) atoms. The fourth-order valence-corrected chi connectivity index (χ4v) is 2.83. The lowest BCUT2D eigenvalue weighted by molar-refractivity contribution is 0.0654. The van der Waals surface area contributed by atoms with Gasteiger partial charge in [0.25, 0.3) is 0 Å². The number of hydrogen-bond donors (Lipinski definition) is 3. The molecule has 5 heteroatoms. The number of aromatic hydroxyl groups is 3. The second-order valence-electron chi connectivity index (χ2n) is 7.92. The summed E-state index contributed by atoms with van der Waals surface area (Å²) in [4.78, 5) is 12.6. The standard InChI is InChI=1S/C26H30O5/c1-18(6-5-17-26(2,3)31-4)7-13-21-24(29)16-14-22(25(21)30)23(28)15-10-19-8-11-20(27)12-9-19/h5,7-12,14-17,27,29-30H,6,13H2,1-4H3/b15-10?,17-5+,18-7+. The summed E-state index contributed by atoms with van der Waals surface area (Å²) >= 11 is 0. The quantitative estimate of drug-likeness (QED) is 0.280. The van der Waals surface area contributed by atoms with Crippen molar-refractivity contribution in [3.8, 4) is 17.2 Å². The molecule has 2 aromatic carbocycles. The zero-order chi connectivity index (χ0) is 23.0. The van der Waals surface area contributed by atoms with Gasteiger partial charge in [-0.2, -0.15) is 0 Å². The number of phenols is 3. The molecule has 0 aliphatic rings. The fraction of sp³-hybridized carbons (Fsp3) is 0.269. The van der Waals surface area contributed by atoms with Crippen LogP contribution in [0.3, 0.4) is 0 Å². The summed E-state index contributed by atoms with van der Waals surface area (Å²) in [6, 6.07) is 9.24. The van der Waals surface area contributed by atoms with E-state index in [1.165, 1.54) is 30.3 Å². The van der Waals surface area contributed by atoms with Gasteiger partial charge >= 0.3 is 0 Å². The van der Waals surface area contributed by atoms with Gasteiger partial charge in [-0.05, 0) is 69.5 Å². The van der Waals surface area contributed by atoms with E-state index < -0.39 is 0 Å². The first kappa shape index (κ1) is 24.0. The highest BCUT2D eigenvalue weighted by molar-refractivity contribution is 6.09. The molecule has 0 fully saturated rings. The third-order valence-corrected chi connectivity index (χ3v) is 4.98. The topological polar surface area (TPSA) is 87.0 Å². The lowest BCUT2D eigenvalue weighted by atomic mass is 9.99. The van der Waals surface area contributed by atoms with Crippen LogP contribution in [0.4, 0.5) is 0 Å². The molecular weight excluding hydrogens is 392 g/mol. The SMILES string of the molecule is COC(C)(C)/C=C/C/C(C)=C/Cc1c(O)ccc(C(=O)C=Cc2ccc(O)cc2)c1O. The monoisotopic (exact) mass is 422 g/mol. The Balaban J connectivity index is 2.14. The molecule has 0 aliphatic carbocycles. The van der Waals surface area contributed by atoms with Crippen LogP contribution in [0, 0.1) is 0 Å². The van der Waals surface area contributed by atoms with Gasteiger partial charge in [0, 0.05) is 12.7 Å². The molecule has 0 saturated heterocycles. The average Bonchev–Trinajstić information content (AvgIpc) is 2.73. The highest BCUT2D eigenvalue weighted by Crippen LogP contribution is 2.32. The highest BCUT2D eigenvalue weighted by Gasteiger charge is 2.15. The largest absolute Gasteiger partial charge is 0.508 e. The van der Waals surface area contributed by atoms with Gasteiger partial charge in [0.2, 0.25) is 0 Å². The number of carbonyl (C=O) groups excluding carboxylic acids is 1. The van der Waals surface area contributed by atoms with Crippen molar-refractivity contribution in [1.29, 1.82) is 0 Å². The minimum atomic E-state index is -0.378. The van der Waals surface area contributed by atoms with Crippen molar-refractivity contribution in [3.63, 3.8) is 0 Å². The van der Waals surface area contributed by atoms with E-state index >= 15 is 0 Å². The van der Waals surface area contributed by atoms with E-state index in [2.05, 4.69) is 0 Å². The minimum absolute atomic E-state index is 0.0586. The zero-order valence-electron chi connectivity index (χ0n) is 18.4. The van der Waals surface area contributed by atoms with Crippen molar-refractivity contribution in [3.05, 3.63) is 83.0 Å². The second-order valence-corrected chi connectivity index (χ2v) is 7.92.